The highest BCUT2D eigenvalue weighted by Crippen LogP contribution is 2.09. The summed E-state index contributed by atoms with van der Waals surface area (Å²) in [5.74, 6) is 0. The fourth-order valence-corrected chi connectivity index (χ4v) is 1.77. The smallest absolute Gasteiger partial charge is 0.0727 e. The minimum atomic E-state index is 0.0665. The van der Waals surface area contributed by atoms with Crippen LogP contribution in [-0.2, 0) is 0 Å². The van der Waals surface area contributed by atoms with Gasteiger partial charge in [0.25, 0.3) is 0 Å². The molecule has 0 rings (SSSR count). The number of hydrogen-bond donors (Lipinski definition) is 4. The van der Waals surface area contributed by atoms with Crippen molar-refractivity contribution < 1.29 is 0 Å². The van der Waals surface area contributed by atoms with Crippen LogP contribution in [0.1, 0.15) is 54.4 Å². The van der Waals surface area contributed by atoms with Gasteiger partial charge in [0.15, 0.2) is 0 Å². The quantitative estimate of drug-likeness (QED) is 0.448. The highest BCUT2D eigenvalue weighted by atomic mass is 15.2. The topological polar surface area (TPSA) is 62.1 Å². The van der Waals surface area contributed by atoms with E-state index in [4.69, 9.17) is 5.73 Å². The Labute approximate surface area is 113 Å². The zero-order valence-electron chi connectivity index (χ0n) is 13.1. The summed E-state index contributed by atoms with van der Waals surface area (Å²) in [6, 6.07) is 0.449. The number of nitrogens with one attached hydrogen (secondary N) is 3. The largest absolute Gasteiger partial charge is 0.325 e. The molecule has 0 saturated heterocycles. The summed E-state index contributed by atoms with van der Waals surface area (Å²) in [6.45, 7) is 15.1. The second kappa shape index (κ2) is 8.86. The van der Waals surface area contributed by atoms with Crippen LogP contribution in [0, 0.1) is 0 Å². The van der Waals surface area contributed by atoms with Crippen molar-refractivity contribution in [2.75, 3.05) is 13.1 Å². The maximum Gasteiger partial charge on any atom is 0.0727 e. The van der Waals surface area contributed by atoms with Crippen LogP contribution >= 0.6 is 0 Å². The van der Waals surface area contributed by atoms with Gasteiger partial charge in [-0.15, -0.1) is 0 Å². The van der Waals surface area contributed by atoms with E-state index in [1.165, 1.54) is 0 Å². The molecule has 0 bridgehead atoms. The summed E-state index contributed by atoms with van der Waals surface area (Å²) in [6.07, 6.45) is 2.44. The molecule has 0 amide bonds. The van der Waals surface area contributed by atoms with E-state index in [9.17, 15) is 0 Å². The summed E-state index contributed by atoms with van der Waals surface area (Å²) >= 11 is 0. The summed E-state index contributed by atoms with van der Waals surface area (Å²) in [5.41, 5.74) is 6.09. The van der Waals surface area contributed by atoms with Crippen molar-refractivity contribution in [1.82, 2.24) is 16.0 Å². The lowest BCUT2D eigenvalue weighted by atomic mass is 9.95. The van der Waals surface area contributed by atoms with E-state index in [2.05, 4.69) is 50.6 Å². The van der Waals surface area contributed by atoms with E-state index in [0.29, 0.717) is 6.04 Å². The first kappa shape index (κ1) is 17.8. The van der Waals surface area contributed by atoms with Crippen LogP contribution in [0.4, 0.5) is 0 Å². The van der Waals surface area contributed by atoms with Crippen molar-refractivity contribution >= 4 is 0 Å². The van der Waals surface area contributed by atoms with Gasteiger partial charge in [0.1, 0.15) is 0 Å². The highest BCUT2D eigenvalue weighted by molar-refractivity contribution is 4.91. The molecular formula is C14H34N4. The van der Waals surface area contributed by atoms with Crippen molar-refractivity contribution in [2.45, 2.75) is 78.2 Å². The Hall–Kier alpha value is -0.160. The van der Waals surface area contributed by atoms with Crippen molar-refractivity contribution in [3.63, 3.8) is 0 Å². The first-order valence-electron chi connectivity index (χ1n) is 7.35. The highest BCUT2D eigenvalue weighted by Gasteiger charge is 2.27. The van der Waals surface area contributed by atoms with Crippen molar-refractivity contribution in [2.24, 2.45) is 5.73 Å². The van der Waals surface area contributed by atoms with E-state index in [1.54, 1.807) is 0 Å². The SMILES string of the molecule is CCCNC(NC(C)C(C)(C)NCCC)C(C)N. The number of rotatable bonds is 10. The Balaban J connectivity index is 4.33. The van der Waals surface area contributed by atoms with Crippen LogP contribution in [0.2, 0.25) is 0 Å². The molecular weight excluding hydrogens is 224 g/mol. The third kappa shape index (κ3) is 6.69. The molecule has 0 heterocycles. The molecule has 4 heteroatoms. The number of hydrogen-bond acceptors (Lipinski definition) is 4. The van der Waals surface area contributed by atoms with Crippen LogP contribution in [0.3, 0.4) is 0 Å². The molecule has 3 atom stereocenters. The standard InChI is InChI=1S/C14H34N4/c1-7-9-16-13(11(3)15)18-12(4)14(5,6)17-10-8-2/h11-13,16-18H,7-10,15H2,1-6H3. The van der Waals surface area contributed by atoms with Gasteiger partial charge in [-0.1, -0.05) is 13.8 Å². The summed E-state index contributed by atoms with van der Waals surface area (Å²) in [5, 5.41) is 10.6. The first-order valence-corrected chi connectivity index (χ1v) is 7.35. The van der Waals surface area contributed by atoms with Gasteiger partial charge >= 0.3 is 0 Å². The molecule has 0 aromatic heterocycles. The van der Waals surface area contributed by atoms with Crippen LogP contribution in [0.25, 0.3) is 0 Å². The Bertz CT molecular complexity index is 204. The minimum Gasteiger partial charge on any atom is -0.325 e. The minimum absolute atomic E-state index is 0.0665. The predicted molar refractivity (Wildman–Crippen MR) is 80.7 cm³/mol. The summed E-state index contributed by atoms with van der Waals surface area (Å²) < 4.78 is 0. The van der Waals surface area contributed by atoms with Gasteiger partial charge in [-0.2, -0.15) is 0 Å². The van der Waals surface area contributed by atoms with E-state index < -0.39 is 0 Å². The molecule has 0 spiro atoms. The lowest BCUT2D eigenvalue weighted by molar-refractivity contribution is 0.241. The normalized spacial score (nSPS) is 17.5. The fourth-order valence-electron chi connectivity index (χ4n) is 1.77. The Morgan fingerprint density at radius 3 is 2.06 bits per heavy atom. The zero-order chi connectivity index (χ0) is 14.2. The maximum absolute atomic E-state index is 6.02. The van der Waals surface area contributed by atoms with Crippen LogP contribution < -0.4 is 21.7 Å². The Morgan fingerprint density at radius 2 is 1.61 bits per heavy atom. The van der Waals surface area contributed by atoms with Gasteiger partial charge < -0.3 is 16.4 Å². The predicted octanol–water partition coefficient (Wildman–Crippen LogP) is 1.42. The third-order valence-electron chi connectivity index (χ3n) is 3.48. The molecule has 0 saturated carbocycles. The molecule has 0 radical (unpaired) electrons. The average Bonchev–Trinajstić information content (AvgIpc) is 2.31. The molecule has 5 N–H and O–H groups in total. The van der Waals surface area contributed by atoms with Crippen molar-refractivity contribution in [3.05, 3.63) is 0 Å². The fraction of sp³-hybridized carbons (Fsp3) is 1.00. The molecule has 18 heavy (non-hydrogen) atoms. The average molecular weight is 258 g/mol. The van der Waals surface area contributed by atoms with Crippen LogP contribution in [-0.4, -0.2) is 36.9 Å². The molecule has 0 aliphatic rings. The second-order valence-corrected chi connectivity index (χ2v) is 5.83. The van der Waals surface area contributed by atoms with E-state index in [1.807, 2.05) is 6.92 Å². The Kier molecular flexibility index (Phi) is 8.78. The zero-order valence-corrected chi connectivity index (χ0v) is 13.1. The van der Waals surface area contributed by atoms with E-state index >= 15 is 0 Å². The van der Waals surface area contributed by atoms with E-state index in [-0.39, 0.29) is 17.7 Å². The molecule has 0 aromatic rings. The lowest BCUT2D eigenvalue weighted by Crippen LogP contribution is -2.63. The summed E-state index contributed by atoms with van der Waals surface area (Å²) in [7, 11) is 0. The first-order chi connectivity index (χ1) is 8.35. The van der Waals surface area contributed by atoms with Gasteiger partial charge in [-0.3, -0.25) is 5.32 Å². The van der Waals surface area contributed by atoms with Crippen molar-refractivity contribution in [3.8, 4) is 0 Å². The second-order valence-electron chi connectivity index (χ2n) is 5.83. The van der Waals surface area contributed by atoms with Crippen molar-refractivity contribution in [1.29, 1.82) is 0 Å². The monoisotopic (exact) mass is 258 g/mol. The molecule has 0 fully saturated rings. The molecule has 0 aromatic carbocycles. The lowest BCUT2D eigenvalue weighted by Gasteiger charge is -2.37. The number of nitrogens with two attached hydrogens (primary N) is 1. The molecule has 0 aliphatic carbocycles. The van der Waals surface area contributed by atoms with Gasteiger partial charge in [0.2, 0.25) is 0 Å². The summed E-state index contributed by atoms with van der Waals surface area (Å²) in [4.78, 5) is 0. The van der Waals surface area contributed by atoms with Crippen LogP contribution in [0.15, 0.2) is 0 Å². The molecule has 4 nitrogen and oxygen atoms in total. The third-order valence-corrected chi connectivity index (χ3v) is 3.48. The molecule has 3 unspecified atom stereocenters. The molecule has 0 aliphatic heterocycles. The maximum atomic E-state index is 6.02. The molecule has 110 valence electrons. The van der Waals surface area contributed by atoms with Gasteiger partial charge in [0.05, 0.1) is 6.17 Å². The van der Waals surface area contributed by atoms with Crippen LogP contribution in [0.5, 0.6) is 0 Å². The van der Waals surface area contributed by atoms with E-state index in [0.717, 1.165) is 25.9 Å². The van der Waals surface area contributed by atoms with Gasteiger partial charge in [-0.25, -0.2) is 0 Å². The van der Waals surface area contributed by atoms with Gasteiger partial charge in [0, 0.05) is 17.6 Å². The van der Waals surface area contributed by atoms with Gasteiger partial charge in [-0.05, 0) is 53.6 Å². The Morgan fingerprint density at radius 1 is 1.06 bits per heavy atom.